The predicted octanol–water partition coefficient (Wildman–Crippen LogP) is 3.75. The molecule has 0 amide bonds. The van der Waals surface area contributed by atoms with Crippen molar-refractivity contribution in [3.05, 3.63) is 93.7 Å². The van der Waals surface area contributed by atoms with Gasteiger partial charge in [-0.25, -0.2) is 28.7 Å². The third-order valence-corrected chi connectivity index (χ3v) is 6.50. The van der Waals surface area contributed by atoms with Crippen LogP contribution in [0.3, 0.4) is 0 Å². The molecule has 0 aliphatic rings. The first kappa shape index (κ1) is 43.1. The molecule has 22 heteroatoms. The van der Waals surface area contributed by atoms with Crippen LogP contribution in [0.4, 0.5) is 30.7 Å². The monoisotopic (exact) mass is 762 g/mol. The largest absolute Gasteiger partial charge is 0.497 e. The number of H-pyrrole nitrogens is 1. The van der Waals surface area contributed by atoms with E-state index in [2.05, 4.69) is 20.1 Å². The van der Waals surface area contributed by atoms with E-state index < -0.39 is 41.7 Å². The van der Waals surface area contributed by atoms with Crippen molar-refractivity contribution in [2.24, 2.45) is 5.73 Å². The van der Waals surface area contributed by atoms with Gasteiger partial charge in [-0.2, -0.15) is 26.3 Å². The maximum Gasteiger partial charge on any atom is 0.490 e. The number of aromatic nitrogens is 5. The number of carboxylic acids is 2. The number of nitrogens with two attached hydrogens (primary N) is 1. The summed E-state index contributed by atoms with van der Waals surface area (Å²) in [4.78, 5) is 43.5. The van der Waals surface area contributed by atoms with E-state index in [1.807, 2.05) is 25.9 Å². The first-order chi connectivity index (χ1) is 24.5. The molecule has 2 unspecified atom stereocenters. The van der Waals surface area contributed by atoms with Gasteiger partial charge in [0, 0.05) is 36.1 Å². The second kappa shape index (κ2) is 18.4. The van der Waals surface area contributed by atoms with E-state index in [1.54, 1.807) is 36.4 Å². The van der Waals surface area contributed by atoms with Crippen LogP contribution in [0.5, 0.6) is 11.5 Å². The molecule has 53 heavy (non-hydrogen) atoms. The summed E-state index contributed by atoms with van der Waals surface area (Å²) in [5.41, 5.74) is 6.63. The number of hydrogen-bond acceptors (Lipinski definition) is 10. The number of rotatable bonds is 11. The third kappa shape index (κ3) is 13.2. The number of hydrogen-bond donors (Lipinski definition) is 5. The number of nitrogens with zero attached hydrogens (tertiary/aromatic N) is 5. The summed E-state index contributed by atoms with van der Waals surface area (Å²) in [6.45, 7) is 2.43. The van der Waals surface area contributed by atoms with Crippen molar-refractivity contribution >= 4 is 17.8 Å². The highest BCUT2D eigenvalue weighted by atomic mass is 19.4. The molecule has 2 aromatic carbocycles. The lowest BCUT2D eigenvalue weighted by Gasteiger charge is -2.22. The normalized spacial score (nSPS) is 12.4. The lowest BCUT2D eigenvalue weighted by molar-refractivity contribution is -0.193. The average molecular weight is 763 g/mol. The van der Waals surface area contributed by atoms with Crippen LogP contribution in [0, 0.1) is 11.2 Å². The van der Waals surface area contributed by atoms with Gasteiger partial charge < -0.3 is 30.3 Å². The molecule has 0 saturated carbocycles. The molecule has 0 radical (unpaired) electrons. The Labute approximate surface area is 295 Å². The van der Waals surface area contributed by atoms with Crippen molar-refractivity contribution in [2.75, 3.05) is 27.7 Å². The number of methoxy groups -OCH3 is 1. The molecule has 2 aromatic heterocycles. The Kier molecular flexibility index (Phi) is 15.0. The molecule has 0 fully saturated rings. The van der Waals surface area contributed by atoms with E-state index in [1.165, 1.54) is 25.6 Å². The van der Waals surface area contributed by atoms with Gasteiger partial charge in [0.1, 0.15) is 23.5 Å². The smallest absolute Gasteiger partial charge is 0.490 e. The van der Waals surface area contributed by atoms with Gasteiger partial charge in [0.15, 0.2) is 11.6 Å². The van der Waals surface area contributed by atoms with E-state index in [4.69, 9.17) is 40.4 Å². The fraction of sp³-hybridized carbons (Fsp3) is 0.323. The van der Waals surface area contributed by atoms with Crippen molar-refractivity contribution in [1.82, 2.24) is 29.6 Å². The Hall–Kier alpha value is -6.06. The average Bonchev–Trinajstić information content (AvgIpc) is 3.45. The van der Waals surface area contributed by atoms with Gasteiger partial charge in [0.05, 0.1) is 13.0 Å². The molecule has 4 aromatic rings. The van der Waals surface area contributed by atoms with Crippen molar-refractivity contribution in [1.29, 1.82) is 5.41 Å². The van der Waals surface area contributed by atoms with Crippen molar-refractivity contribution in [3.8, 4) is 17.4 Å². The maximum atomic E-state index is 16.1. The van der Waals surface area contributed by atoms with Crippen molar-refractivity contribution in [3.63, 3.8) is 0 Å². The summed E-state index contributed by atoms with van der Waals surface area (Å²) < 4.78 is 92.1. The van der Waals surface area contributed by atoms with Crippen molar-refractivity contribution in [2.45, 2.75) is 37.7 Å². The van der Waals surface area contributed by atoms with E-state index in [0.717, 1.165) is 10.2 Å². The van der Waals surface area contributed by atoms with Gasteiger partial charge in [-0.3, -0.25) is 10.4 Å². The first-order valence-electron chi connectivity index (χ1n) is 14.7. The van der Waals surface area contributed by atoms with Crippen LogP contribution >= 0.6 is 0 Å². The number of ether oxygens (including phenoxy) is 2. The number of aromatic amines is 1. The Morgan fingerprint density at radius 2 is 1.55 bits per heavy atom. The number of nitrogens with one attached hydrogen (secondary N) is 2. The SMILES string of the molecule is COc1cc(OC(C)CN(C)C)c(F)c(C(Cc2ccc(C(=N)N)cc2)c2nn(-c3ncccn3)c(=O)[nH]2)c1.O=C(O)C(F)(F)F.O=C(O)C(F)(F)F. The Morgan fingerprint density at radius 3 is 2.00 bits per heavy atom. The molecular formula is C31H33F7N8O7. The van der Waals surface area contributed by atoms with E-state index in [0.29, 0.717) is 17.9 Å². The molecule has 0 aliphatic heterocycles. The zero-order valence-corrected chi connectivity index (χ0v) is 28.2. The van der Waals surface area contributed by atoms with Gasteiger partial charge in [-0.05, 0) is 45.1 Å². The highest BCUT2D eigenvalue weighted by Gasteiger charge is 2.39. The summed E-state index contributed by atoms with van der Waals surface area (Å²) in [5, 5.41) is 26.3. The summed E-state index contributed by atoms with van der Waals surface area (Å²) in [5.74, 6) is -6.18. The second-order valence-corrected chi connectivity index (χ2v) is 11.0. The van der Waals surface area contributed by atoms with Crippen LogP contribution in [0.2, 0.25) is 0 Å². The molecule has 0 aliphatic carbocycles. The highest BCUT2D eigenvalue weighted by molar-refractivity contribution is 5.94. The minimum Gasteiger partial charge on any atom is -0.497 e. The van der Waals surface area contributed by atoms with Gasteiger partial charge in [0.25, 0.3) is 5.95 Å². The first-order valence-corrected chi connectivity index (χ1v) is 14.7. The second-order valence-electron chi connectivity index (χ2n) is 11.0. The highest BCUT2D eigenvalue weighted by Crippen LogP contribution is 2.36. The number of alkyl halides is 6. The van der Waals surface area contributed by atoms with E-state index in [-0.39, 0.29) is 41.4 Å². The zero-order valence-electron chi connectivity index (χ0n) is 28.2. The Balaban J connectivity index is 0.000000587. The van der Waals surface area contributed by atoms with Crippen LogP contribution in [-0.2, 0) is 16.0 Å². The van der Waals surface area contributed by atoms with E-state index >= 15 is 4.39 Å². The lowest BCUT2D eigenvalue weighted by Crippen LogP contribution is -2.28. The molecule has 15 nitrogen and oxygen atoms in total. The molecule has 0 saturated heterocycles. The third-order valence-electron chi connectivity index (χ3n) is 6.50. The van der Waals surface area contributed by atoms with E-state index in [9.17, 15) is 31.1 Å². The van der Waals surface area contributed by atoms with Crippen LogP contribution in [0.1, 0.15) is 35.4 Å². The minimum atomic E-state index is -5.08. The fourth-order valence-corrected chi connectivity index (χ4v) is 4.26. The van der Waals surface area contributed by atoms with Crippen LogP contribution < -0.4 is 20.9 Å². The van der Waals surface area contributed by atoms with Gasteiger partial charge in [0.2, 0.25) is 0 Å². The number of benzene rings is 2. The number of nitrogen functional groups attached to an aromatic ring is 1. The van der Waals surface area contributed by atoms with Crippen LogP contribution in [-0.4, -0.2) is 104 Å². The Morgan fingerprint density at radius 1 is 1.02 bits per heavy atom. The van der Waals surface area contributed by atoms with Crippen LogP contribution in [0.25, 0.3) is 5.95 Å². The molecule has 4 rings (SSSR count). The molecule has 2 heterocycles. The fourth-order valence-electron chi connectivity index (χ4n) is 4.26. The number of likely N-dealkylation sites (N-methyl/N-ethyl adjacent to an activating group) is 1. The summed E-state index contributed by atoms with van der Waals surface area (Å²) >= 11 is 0. The quantitative estimate of drug-likeness (QED) is 0.0838. The summed E-state index contributed by atoms with van der Waals surface area (Å²) in [6.07, 6.45) is -7.21. The number of aliphatic carboxylic acids is 2. The zero-order chi connectivity index (χ0) is 40.3. The number of halogens is 7. The maximum absolute atomic E-state index is 16.1. The Bertz CT molecular complexity index is 1880. The van der Waals surface area contributed by atoms with Crippen LogP contribution in [0.15, 0.2) is 59.7 Å². The lowest BCUT2D eigenvalue weighted by atomic mass is 9.90. The van der Waals surface area contributed by atoms with Crippen molar-refractivity contribution < 1.29 is 60.0 Å². The number of amidine groups is 1. The van der Waals surface area contributed by atoms with Gasteiger partial charge >= 0.3 is 30.0 Å². The topological polar surface area (TPSA) is 223 Å². The molecule has 6 N–H and O–H groups in total. The number of carboxylic acid groups (broad SMARTS) is 2. The standard InChI is InChI=1S/C27H31FN8O3.2C2HF3O2/c1-16(15-35(2)3)39-22-14-19(38-4)13-20(23(22)28)21(12-17-6-8-18(9-7-17)24(29)30)25-33-27(37)36(34-25)26-31-10-5-11-32-26;2*3-2(4,5)1(6)7/h5-11,13-14,16,21H,12,15H2,1-4H3,(H3,29,30)(H,33,34,37);2*(H,6,7). The number of carbonyl (C=O) groups is 2. The predicted molar refractivity (Wildman–Crippen MR) is 172 cm³/mol. The summed E-state index contributed by atoms with van der Waals surface area (Å²) in [6, 6.07) is 11.7. The molecule has 288 valence electrons. The molecule has 2 atom stereocenters. The van der Waals surface area contributed by atoms with Gasteiger partial charge in [-0.1, -0.05) is 24.3 Å². The minimum absolute atomic E-state index is 0.0313. The van der Waals surface area contributed by atoms with Gasteiger partial charge in [-0.15, -0.1) is 9.78 Å². The summed E-state index contributed by atoms with van der Waals surface area (Å²) in [7, 11) is 5.30. The molecule has 0 bridgehead atoms. The molecule has 0 spiro atoms. The molecular weight excluding hydrogens is 729 g/mol.